The summed E-state index contributed by atoms with van der Waals surface area (Å²) in [6.07, 6.45) is 1.53. The molecule has 2 rings (SSSR count). The molecule has 2 aromatic rings. The van der Waals surface area contributed by atoms with Crippen LogP contribution in [0.4, 0.5) is 0 Å². The van der Waals surface area contributed by atoms with Crippen LogP contribution < -0.4 is 10.5 Å². The molecule has 0 aliphatic carbocycles. The van der Waals surface area contributed by atoms with Crippen molar-refractivity contribution in [2.75, 3.05) is 0 Å². The van der Waals surface area contributed by atoms with Gasteiger partial charge in [-0.3, -0.25) is 0 Å². The van der Waals surface area contributed by atoms with Crippen LogP contribution in [0, 0.1) is 0 Å². The normalized spacial score (nSPS) is 10.4. The van der Waals surface area contributed by atoms with E-state index in [0.29, 0.717) is 22.2 Å². The molecule has 1 aromatic carbocycles. The Labute approximate surface area is 134 Å². The molecule has 6 heteroatoms. The van der Waals surface area contributed by atoms with Gasteiger partial charge in [-0.05, 0) is 36.6 Å². The Kier molecular flexibility index (Phi) is 5.09. The predicted molar refractivity (Wildman–Crippen MR) is 88.2 cm³/mol. The highest BCUT2D eigenvalue weighted by Gasteiger charge is 2.18. The maximum Gasteiger partial charge on any atom is 0.249 e. The number of nitrogens with two attached hydrogens (primary N) is 1. The topological polar surface area (TPSA) is 61.0 Å². The van der Waals surface area contributed by atoms with Gasteiger partial charge in [0.2, 0.25) is 5.88 Å². The van der Waals surface area contributed by atoms with E-state index in [2.05, 4.69) is 10.2 Å². The first-order chi connectivity index (χ1) is 10.1. The molecule has 0 aliphatic rings. The lowest BCUT2D eigenvalue weighted by Gasteiger charge is -2.14. The number of halogens is 1. The average molecular weight is 322 g/mol. The zero-order valence-corrected chi connectivity index (χ0v) is 13.5. The van der Waals surface area contributed by atoms with E-state index < -0.39 is 0 Å². The summed E-state index contributed by atoms with van der Waals surface area (Å²) in [5.74, 6) is 0.888. The number of aryl methyl sites for hydroxylation is 1. The van der Waals surface area contributed by atoms with Gasteiger partial charge < -0.3 is 10.5 Å². The summed E-state index contributed by atoms with van der Waals surface area (Å²) in [4.78, 5) is 0.258. The van der Waals surface area contributed by atoms with E-state index in [0.717, 1.165) is 24.1 Å². The molecule has 0 radical (unpaired) electrons. The minimum atomic E-state index is 0.258. The Balaban J connectivity index is 2.50. The second kappa shape index (κ2) is 6.83. The van der Waals surface area contributed by atoms with Crippen LogP contribution >= 0.6 is 23.8 Å². The Morgan fingerprint density at radius 3 is 2.62 bits per heavy atom. The van der Waals surface area contributed by atoms with Crippen molar-refractivity contribution in [3.63, 3.8) is 0 Å². The number of nitrogens with zero attached hydrogens (tertiary/aromatic N) is 2. The van der Waals surface area contributed by atoms with Crippen LogP contribution in [-0.4, -0.2) is 15.2 Å². The molecule has 1 heterocycles. The molecule has 0 atom stereocenters. The van der Waals surface area contributed by atoms with Crippen molar-refractivity contribution in [3.05, 3.63) is 46.1 Å². The standard InChI is InChI=1S/C15H16ClN3OS/c1-3-11-12(4-2)18-19-15(13(11)14(17)21)20-10-7-5-6-9(16)8-10/h5-8H,3-4H2,1-2H3,(H2,17,21). The lowest BCUT2D eigenvalue weighted by molar-refractivity contribution is 0.451. The molecular weight excluding hydrogens is 306 g/mol. The van der Waals surface area contributed by atoms with Gasteiger partial charge in [-0.2, -0.15) is 5.10 Å². The molecular formula is C15H16ClN3OS. The van der Waals surface area contributed by atoms with E-state index in [1.165, 1.54) is 0 Å². The average Bonchev–Trinajstić information content (AvgIpc) is 2.46. The van der Waals surface area contributed by atoms with Gasteiger partial charge in [0.15, 0.2) is 0 Å². The van der Waals surface area contributed by atoms with E-state index in [9.17, 15) is 0 Å². The fraction of sp³-hybridized carbons (Fsp3) is 0.267. The third-order valence-electron chi connectivity index (χ3n) is 3.07. The van der Waals surface area contributed by atoms with Gasteiger partial charge in [0, 0.05) is 5.02 Å². The third kappa shape index (κ3) is 3.49. The molecule has 0 amide bonds. The summed E-state index contributed by atoms with van der Waals surface area (Å²) in [6.45, 7) is 4.05. The number of thiocarbonyl (C=S) groups is 1. The lowest BCUT2D eigenvalue weighted by atomic mass is 10.0. The molecule has 0 unspecified atom stereocenters. The summed E-state index contributed by atoms with van der Waals surface area (Å²) in [5.41, 5.74) is 8.38. The van der Waals surface area contributed by atoms with Crippen LogP contribution in [0.5, 0.6) is 11.6 Å². The van der Waals surface area contributed by atoms with E-state index in [1.54, 1.807) is 24.3 Å². The molecule has 0 spiro atoms. The van der Waals surface area contributed by atoms with Gasteiger partial charge in [-0.1, -0.05) is 43.7 Å². The van der Waals surface area contributed by atoms with E-state index in [4.69, 9.17) is 34.3 Å². The monoisotopic (exact) mass is 321 g/mol. The van der Waals surface area contributed by atoms with Crippen molar-refractivity contribution in [1.29, 1.82) is 0 Å². The number of hydrogen-bond donors (Lipinski definition) is 1. The Morgan fingerprint density at radius 1 is 1.29 bits per heavy atom. The first-order valence-corrected chi connectivity index (χ1v) is 7.47. The quantitative estimate of drug-likeness (QED) is 0.851. The molecule has 0 bridgehead atoms. The number of rotatable bonds is 5. The highest BCUT2D eigenvalue weighted by molar-refractivity contribution is 7.80. The van der Waals surface area contributed by atoms with Gasteiger partial charge in [0.25, 0.3) is 0 Å². The van der Waals surface area contributed by atoms with Crippen LogP contribution in [0.25, 0.3) is 0 Å². The van der Waals surface area contributed by atoms with Crippen LogP contribution in [-0.2, 0) is 12.8 Å². The summed E-state index contributed by atoms with van der Waals surface area (Å²) < 4.78 is 5.77. The summed E-state index contributed by atoms with van der Waals surface area (Å²) >= 11 is 11.1. The Bertz CT molecular complexity index is 676. The van der Waals surface area contributed by atoms with Gasteiger partial charge in [-0.25, -0.2) is 0 Å². The first kappa shape index (κ1) is 15.7. The van der Waals surface area contributed by atoms with Gasteiger partial charge in [-0.15, -0.1) is 5.10 Å². The molecule has 0 aliphatic heterocycles. The summed E-state index contributed by atoms with van der Waals surface area (Å²) in [5, 5.41) is 8.91. The molecule has 1 aromatic heterocycles. The number of hydrogen-bond acceptors (Lipinski definition) is 4. The van der Waals surface area contributed by atoms with Gasteiger partial charge in [0.05, 0.1) is 11.3 Å². The number of aromatic nitrogens is 2. The van der Waals surface area contributed by atoms with Crippen molar-refractivity contribution >= 4 is 28.8 Å². The molecule has 110 valence electrons. The van der Waals surface area contributed by atoms with Gasteiger partial charge >= 0.3 is 0 Å². The van der Waals surface area contributed by atoms with Crippen molar-refractivity contribution in [2.45, 2.75) is 26.7 Å². The Morgan fingerprint density at radius 2 is 2.05 bits per heavy atom. The zero-order valence-electron chi connectivity index (χ0n) is 11.9. The third-order valence-corrected chi connectivity index (χ3v) is 3.51. The predicted octanol–water partition coefficient (Wildman–Crippen LogP) is 3.68. The van der Waals surface area contributed by atoms with Gasteiger partial charge in [0.1, 0.15) is 10.7 Å². The molecule has 4 nitrogen and oxygen atoms in total. The highest BCUT2D eigenvalue weighted by atomic mass is 35.5. The molecule has 0 saturated heterocycles. The van der Waals surface area contributed by atoms with Crippen LogP contribution in [0.3, 0.4) is 0 Å². The fourth-order valence-corrected chi connectivity index (χ4v) is 2.51. The number of ether oxygens (including phenoxy) is 1. The van der Waals surface area contributed by atoms with Crippen molar-refractivity contribution in [2.24, 2.45) is 5.73 Å². The lowest BCUT2D eigenvalue weighted by Crippen LogP contribution is -2.17. The SMILES string of the molecule is CCc1nnc(Oc2cccc(Cl)c2)c(C(N)=S)c1CC. The molecule has 0 fully saturated rings. The minimum absolute atomic E-state index is 0.258. The summed E-state index contributed by atoms with van der Waals surface area (Å²) in [6, 6.07) is 7.06. The molecule has 2 N–H and O–H groups in total. The summed E-state index contributed by atoms with van der Waals surface area (Å²) in [7, 11) is 0. The van der Waals surface area contributed by atoms with Crippen molar-refractivity contribution in [1.82, 2.24) is 10.2 Å². The van der Waals surface area contributed by atoms with Crippen LogP contribution in [0.1, 0.15) is 30.7 Å². The Hall–Kier alpha value is -1.72. The maximum atomic E-state index is 5.95. The largest absolute Gasteiger partial charge is 0.437 e. The second-order valence-corrected chi connectivity index (χ2v) is 5.31. The number of benzene rings is 1. The minimum Gasteiger partial charge on any atom is -0.437 e. The van der Waals surface area contributed by atoms with Crippen LogP contribution in [0.15, 0.2) is 24.3 Å². The van der Waals surface area contributed by atoms with Crippen molar-refractivity contribution in [3.8, 4) is 11.6 Å². The second-order valence-electron chi connectivity index (χ2n) is 4.44. The fourth-order valence-electron chi connectivity index (χ4n) is 2.12. The van der Waals surface area contributed by atoms with E-state index in [-0.39, 0.29) is 4.99 Å². The maximum absolute atomic E-state index is 5.95. The zero-order chi connectivity index (χ0) is 15.4. The van der Waals surface area contributed by atoms with Crippen LogP contribution in [0.2, 0.25) is 5.02 Å². The molecule has 21 heavy (non-hydrogen) atoms. The van der Waals surface area contributed by atoms with Crippen molar-refractivity contribution < 1.29 is 4.74 Å². The first-order valence-electron chi connectivity index (χ1n) is 6.68. The van der Waals surface area contributed by atoms with E-state index in [1.807, 2.05) is 13.8 Å². The van der Waals surface area contributed by atoms with E-state index >= 15 is 0 Å². The highest BCUT2D eigenvalue weighted by Crippen LogP contribution is 2.28. The smallest absolute Gasteiger partial charge is 0.249 e. The molecule has 0 saturated carbocycles.